The highest BCUT2D eigenvalue weighted by molar-refractivity contribution is 6.35. The van der Waals surface area contributed by atoms with E-state index in [2.05, 4.69) is 10.3 Å². The molecule has 1 aromatic heterocycles. The molecule has 2 rings (SSSR count). The predicted molar refractivity (Wildman–Crippen MR) is 70.5 cm³/mol. The normalized spacial score (nSPS) is 22.2. The summed E-state index contributed by atoms with van der Waals surface area (Å²) in [6.07, 6.45) is 2.98. The summed E-state index contributed by atoms with van der Waals surface area (Å²) in [5, 5.41) is 12.1. The number of hydrogen-bond donors (Lipinski definition) is 2. The zero-order valence-electron chi connectivity index (χ0n) is 9.90. The largest absolute Gasteiger partial charge is 0.481 e. The van der Waals surface area contributed by atoms with Gasteiger partial charge in [-0.05, 0) is 25.3 Å². The fraction of sp³-hybridized carbons (Fsp3) is 0.417. The first-order valence-corrected chi connectivity index (χ1v) is 6.57. The van der Waals surface area contributed by atoms with Crippen molar-refractivity contribution in [2.75, 3.05) is 0 Å². The van der Waals surface area contributed by atoms with E-state index in [0.717, 1.165) is 0 Å². The third-order valence-electron chi connectivity index (χ3n) is 3.18. The van der Waals surface area contributed by atoms with E-state index in [-0.39, 0.29) is 33.6 Å². The molecule has 2 unspecified atom stereocenters. The highest BCUT2D eigenvalue weighted by Crippen LogP contribution is 2.26. The molecule has 1 saturated carbocycles. The van der Waals surface area contributed by atoms with Crippen molar-refractivity contribution >= 4 is 35.1 Å². The SMILES string of the molecule is O=C(NC1CCC(C(=O)O)C1)c1cc(Cl)ncc1Cl. The van der Waals surface area contributed by atoms with Crippen molar-refractivity contribution in [1.29, 1.82) is 0 Å². The van der Waals surface area contributed by atoms with Crippen molar-refractivity contribution in [3.8, 4) is 0 Å². The van der Waals surface area contributed by atoms with Gasteiger partial charge in [0.2, 0.25) is 0 Å². The van der Waals surface area contributed by atoms with Crippen molar-refractivity contribution in [3.05, 3.63) is 28.0 Å². The summed E-state index contributed by atoms with van der Waals surface area (Å²) >= 11 is 11.6. The summed E-state index contributed by atoms with van der Waals surface area (Å²) in [5.74, 6) is -1.56. The fourth-order valence-corrected chi connectivity index (χ4v) is 2.53. The second-order valence-electron chi connectivity index (χ2n) is 4.51. The average molecular weight is 303 g/mol. The van der Waals surface area contributed by atoms with Crippen molar-refractivity contribution in [2.45, 2.75) is 25.3 Å². The molecule has 0 radical (unpaired) electrons. The smallest absolute Gasteiger partial charge is 0.306 e. The van der Waals surface area contributed by atoms with E-state index < -0.39 is 5.97 Å². The van der Waals surface area contributed by atoms with Crippen molar-refractivity contribution in [1.82, 2.24) is 10.3 Å². The van der Waals surface area contributed by atoms with Crippen LogP contribution in [0.25, 0.3) is 0 Å². The molecule has 1 fully saturated rings. The number of carboxylic acid groups (broad SMARTS) is 1. The summed E-state index contributed by atoms with van der Waals surface area (Å²) in [6.45, 7) is 0. The Balaban J connectivity index is 2.02. The minimum absolute atomic E-state index is 0.142. The van der Waals surface area contributed by atoms with E-state index in [1.54, 1.807) is 0 Å². The number of carbonyl (C=O) groups excluding carboxylic acids is 1. The van der Waals surface area contributed by atoms with Crippen LogP contribution in [0.15, 0.2) is 12.3 Å². The number of nitrogens with one attached hydrogen (secondary N) is 1. The van der Waals surface area contributed by atoms with Crippen LogP contribution in [0.3, 0.4) is 0 Å². The maximum Gasteiger partial charge on any atom is 0.306 e. The molecule has 7 heteroatoms. The van der Waals surface area contributed by atoms with Gasteiger partial charge >= 0.3 is 5.97 Å². The summed E-state index contributed by atoms with van der Waals surface area (Å²) < 4.78 is 0. The molecule has 19 heavy (non-hydrogen) atoms. The highest BCUT2D eigenvalue weighted by Gasteiger charge is 2.30. The summed E-state index contributed by atoms with van der Waals surface area (Å²) in [5.41, 5.74) is 0.250. The lowest BCUT2D eigenvalue weighted by molar-refractivity contribution is -0.141. The second-order valence-corrected chi connectivity index (χ2v) is 5.30. The van der Waals surface area contributed by atoms with Gasteiger partial charge < -0.3 is 10.4 Å². The Morgan fingerprint density at radius 1 is 1.37 bits per heavy atom. The van der Waals surface area contributed by atoms with E-state index in [0.29, 0.717) is 19.3 Å². The van der Waals surface area contributed by atoms with Crippen LogP contribution in [0.4, 0.5) is 0 Å². The number of nitrogens with zero attached hydrogens (tertiary/aromatic N) is 1. The Labute approximate surface area is 119 Å². The molecule has 0 spiro atoms. The Hall–Kier alpha value is -1.33. The first kappa shape index (κ1) is 14.1. The molecule has 1 amide bonds. The minimum atomic E-state index is -0.818. The third-order valence-corrected chi connectivity index (χ3v) is 3.69. The fourth-order valence-electron chi connectivity index (χ4n) is 2.19. The molecule has 1 heterocycles. The average Bonchev–Trinajstić information content (AvgIpc) is 2.80. The second kappa shape index (κ2) is 5.75. The first-order valence-electron chi connectivity index (χ1n) is 5.82. The third kappa shape index (κ3) is 3.36. The van der Waals surface area contributed by atoms with Gasteiger partial charge in [-0.2, -0.15) is 0 Å². The molecular weight excluding hydrogens is 291 g/mol. The van der Waals surface area contributed by atoms with E-state index >= 15 is 0 Å². The van der Waals surface area contributed by atoms with Crippen molar-refractivity contribution in [3.63, 3.8) is 0 Å². The standard InChI is InChI=1S/C12H12Cl2N2O3/c13-9-5-15-10(14)4-8(9)11(17)16-7-2-1-6(3-7)12(18)19/h4-7H,1-3H2,(H,16,17)(H,18,19). The van der Waals surface area contributed by atoms with Gasteiger partial charge in [0.25, 0.3) is 5.91 Å². The Bertz CT molecular complexity index is 522. The molecular formula is C12H12Cl2N2O3. The molecule has 2 atom stereocenters. The van der Waals surface area contributed by atoms with Crippen LogP contribution in [-0.4, -0.2) is 28.0 Å². The molecule has 1 aliphatic rings. The van der Waals surface area contributed by atoms with Crippen molar-refractivity contribution in [2.24, 2.45) is 5.92 Å². The quantitative estimate of drug-likeness (QED) is 0.840. The van der Waals surface area contributed by atoms with Crippen LogP contribution in [-0.2, 0) is 4.79 Å². The zero-order chi connectivity index (χ0) is 14.0. The number of pyridine rings is 1. The number of carboxylic acids is 1. The van der Waals surface area contributed by atoms with Crippen LogP contribution in [0, 0.1) is 5.92 Å². The van der Waals surface area contributed by atoms with Crippen LogP contribution in [0.1, 0.15) is 29.6 Å². The van der Waals surface area contributed by atoms with Gasteiger partial charge in [-0.1, -0.05) is 23.2 Å². The van der Waals surface area contributed by atoms with Gasteiger partial charge in [0.1, 0.15) is 5.15 Å². The Kier molecular flexibility index (Phi) is 4.27. The van der Waals surface area contributed by atoms with E-state index in [9.17, 15) is 9.59 Å². The summed E-state index contributed by atoms with van der Waals surface area (Å²) in [6, 6.07) is 1.25. The Morgan fingerprint density at radius 2 is 2.11 bits per heavy atom. The van der Waals surface area contributed by atoms with Crippen LogP contribution >= 0.6 is 23.2 Å². The molecule has 1 aliphatic carbocycles. The maximum absolute atomic E-state index is 12.0. The van der Waals surface area contributed by atoms with E-state index in [1.165, 1.54) is 12.3 Å². The van der Waals surface area contributed by atoms with Crippen LogP contribution in [0.2, 0.25) is 10.2 Å². The predicted octanol–water partition coefficient (Wildman–Crippen LogP) is 2.37. The lowest BCUT2D eigenvalue weighted by atomic mass is 10.1. The topological polar surface area (TPSA) is 79.3 Å². The van der Waals surface area contributed by atoms with Gasteiger partial charge in [0.15, 0.2) is 0 Å². The highest BCUT2D eigenvalue weighted by atomic mass is 35.5. The maximum atomic E-state index is 12.0. The molecule has 0 saturated heterocycles. The number of aliphatic carboxylic acids is 1. The molecule has 102 valence electrons. The van der Waals surface area contributed by atoms with Gasteiger partial charge in [-0.3, -0.25) is 9.59 Å². The molecule has 0 aliphatic heterocycles. The van der Waals surface area contributed by atoms with Gasteiger partial charge in [-0.25, -0.2) is 4.98 Å². The number of hydrogen-bond acceptors (Lipinski definition) is 3. The first-order chi connectivity index (χ1) is 8.97. The van der Waals surface area contributed by atoms with E-state index in [1.807, 2.05) is 0 Å². The molecule has 1 aromatic rings. The lowest BCUT2D eigenvalue weighted by Crippen LogP contribution is -2.33. The number of aromatic nitrogens is 1. The number of halogens is 2. The summed E-state index contributed by atoms with van der Waals surface area (Å²) in [7, 11) is 0. The van der Waals surface area contributed by atoms with Gasteiger partial charge in [0.05, 0.1) is 16.5 Å². The lowest BCUT2D eigenvalue weighted by Gasteiger charge is -2.13. The van der Waals surface area contributed by atoms with Crippen LogP contribution in [0.5, 0.6) is 0 Å². The number of rotatable bonds is 3. The van der Waals surface area contributed by atoms with Crippen LogP contribution < -0.4 is 5.32 Å². The van der Waals surface area contributed by atoms with Crippen molar-refractivity contribution < 1.29 is 14.7 Å². The Morgan fingerprint density at radius 3 is 2.74 bits per heavy atom. The van der Waals surface area contributed by atoms with Gasteiger partial charge in [-0.15, -0.1) is 0 Å². The minimum Gasteiger partial charge on any atom is -0.481 e. The number of carbonyl (C=O) groups is 2. The molecule has 0 bridgehead atoms. The molecule has 0 aromatic carbocycles. The van der Waals surface area contributed by atoms with Gasteiger partial charge in [0, 0.05) is 12.2 Å². The summed E-state index contributed by atoms with van der Waals surface area (Å²) in [4.78, 5) is 26.6. The van der Waals surface area contributed by atoms with E-state index in [4.69, 9.17) is 28.3 Å². The number of amides is 1. The molecule has 5 nitrogen and oxygen atoms in total. The monoisotopic (exact) mass is 302 g/mol. The zero-order valence-corrected chi connectivity index (χ0v) is 11.4. The molecule has 2 N–H and O–H groups in total.